The molecular weight excluding hydrogens is 325 g/mol. The molecule has 0 aromatic heterocycles. The number of hydrogen-bond acceptors (Lipinski definition) is 1. The topological polar surface area (TPSA) is 29.1 Å². The van der Waals surface area contributed by atoms with Crippen molar-refractivity contribution in [1.29, 1.82) is 0 Å². The van der Waals surface area contributed by atoms with Gasteiger partial charge in [-0.05, 0) is 30.9 Å². The number of benzene rings is 1. The second kappa shape index (κ2) is 6.38. The predicted molar refractivity (Wildman–Crippen MR) is 80.9 cm³/mol. The van der Waals surface area contributed by atoms with Crippen LogP contribution < -0.4 is 5.32 Å². The zero-order valence-electron chi connectivity index (χ0n) is 10.9. The van der Waals surface area contributed by atoms with Crippen LogP contribution in [0.3, 0.4) is 0 Å². The van der Waals surface area contributed by atoms with E-state index in [1.807, 2.05) is 32.0 Å². The molecule has 0 aliphatic carbocycles. The number of rotatable bonds is 4. The minimum atomic E-state index is 0.0518. The monoisotopic (exact) mass is 345 g/mol. The second-order valence-corrected chi connectivity index (χ2v) is 5.63. The lowest BCUT2D eigenvalue weighted by Gasteiger charge is -2.21. The summed E-state index contributed by atoms with van der Waals surface area (Å²) in [5.41, 5.74) is 2.90. The van der Waals surface area contributed by atoms with E-state index in [1.54, 1.807) is 0 Å². The maximum atomic E-state index is 12.2. The number of hydrogen-bond donors (Lipinski definition) is 1. The van der Waals surface area contributed by atoms with Crippen molar-refractivity contribution in [3.05, 3.63) is 34.9 Å². The quantitative estimate of drug-likeness (QED) is 0.657. The minimum Gasteiger partial charge on any atom is -0.348 e. The summed E-state index contributed by atoms with van der Waals surface area (Å²) in [6.07, 6.45) is 0. The zero-order valence-corrected chi connectivity index (χ0v) is 13.0. The number of amides is 1. The number of nitrogens with one attached hydrogen (secondary N) is 1. The molecule has 1 amide bonds. The summed E-state index contributed by atoms with van der Waals surface area (Å²) in [6.45, 7) is 8.23. The van der Waals surface area contributed by atoms with Gasteiger partial charge in [0.2, 0.25) is 0 Å². The molecule has 3 heteroatoms. The van der Waals surface area contributed by atoms with E-state index in [0.29, 0.717) is 5.92 Å². The number of alkyl halides is 1. The van der Waals surface area contributed by atoms with Gasteiger partial charge in [0.25, 0.3) is 5.91 Å². The summed E-state index contributed by atoms with van der Waals surface area (Å²) >= 11 is 2.32. The highest BCUT2D eigenvalue weighted by Gasteiger charge is 2.18. The Kier molecular flexibility index (Phi) is 5.43. The van der Waals surface area contributed by atoms with Gasteiger partial charge in [-0.2, -0.15) is 0 Å². The fourth-order valence-electron chi connectivity index (χ4n) is 1.80. The van der Waals surface area contributed by atoms with Crippen LogP contribution in [-0.4, -0.2) is 16.4 Å². The number of carbonyl (C=O) groups excluding carboxylic acids is 1. The third kappa shape index (κ3) is 3.69. The average Bonchev–Trinajstić information content (AvgIpc) is 2.25. The Balaban J connectivity index is 2.90. The van der Waals surface area contributed by atoms with Gasteiger partial charge in [0, 0.05) is 16.0 Å². The van der Waals surface area contributed by atoms with Crippen LogP contribution in [0, 0.1) is 19.8 Å². The van der Waals surface area contributed by atoms with Crippen LogP contribution in [0.5, 0.6) is 0 Å². The molecule has 1 N–H and O–H groups in total. The van der Waals surface area contributed by atoms with Crippen molar-refractivity contribution in [2.45, 2.75) is 33.7 Å². The van der Waals surface area contributed by atoms with Crippen molar-refractivity contribution in [2.75, 3.05) is 4.43 Å². The van der Waals surface area contributed by atoms with Crippen molar-refractivity contribution >= 4 is 28.5 Å². The minimum absolute atomic E-state index is 0.0518. The second-order valence-electron chi connectivity index (χ2n) is 4.75. The van der Waals surface area contributed by atoms with E-state index in [9.17, 15) is 4.79 Å². The Morgan fingerprint density at radius 2 is 1.82 bits per heavy atom. The Bertz CT molecular complexity index is 381. The third-order valence-corrected chi connectivity index (χ3v) is 3.94. The molecule has 1 atom stereocenters. The highest BCUT2D eigenvalue weighted by Crippen LogP contribution is 2.14. The molecule has 0 bridgehead atoms. The van der Waals surface area contributed by atoms with E-state index in [0.717, 1.165) is 21.1 Å². The highest BCUT2D eigenvalue weighted by molar-refractivity contribution is 14.1. The summed E-state index contributed by atoms with van der Waals surface area (Å²) < 4.78 is 0.937. The SMILES string of the molecule is Cc1cccc(C)c1C(=O)NC(CI)C(C)C. The molecule has 0 heterocycles. The van der Waals surface area contributed by atoms with Crippen molar-refractivity contribution in [3.8, 4) is 0 Å². The van der Waals surface area contributed by atoms with Crippen LogP contribution in [-0.2, 0) is 0 Å². The fourth-order valence-corrected chi connectivity index (χ4v) is 3.03. The molecule has 1 rings (SSSR count). The van der Waals surface area contributed by atoms with Gasteiger partial charge in [0.15, 0.2) is 0 Å². The van der Waals surface area contributed by atoms with Gasteiger partial charge in [-0.15, -0.1) is 0 Å². The summed E-state index contributed by atoms with van der Waals surface area (Å²) in [4.78, 5) is 12.2. The number of halogens is 1. The molecule has 0 aliphatic rings. The molecule has 0 spiro atoms. The summed E-state index contributed by atoms with van der Waals surface area (Å²) in [5, 5.41) is 3.12. The van der Waals surface area contributed by atoms with Crippen molar-refractivity contribution in [3.63, 3.8) is 0 Å². The number of aryl methyl sites for hydroxylation is 2. The zero-order chi connectivity index (χ0) is 13.0. The van der Waals surface area contributed by atoms with E-state index in [4.69, 9.17) is 0 Å². The number of carbonyl (C=O) groups is 1. The Hall–Kier alpha value is -0.580. The highest BCUT2D eigenvalue weighted by atomic mass is 127. The van der Waals surface area contributed by atoms with E-state index < -0.39 is 0 Å². The van der Waals surface area contributed by atoms with Crippen LogP contribution in [0.25, 0.3) is 0 Å². The molecule has 0 aliphatic heterocycles. The molecule has 1 aromatic carbocycles. The largest absolute Gasteiger partial charge is 0.348 e. The summed E-state index contributed by atoms with van der Waals surface area (Å²) in [7, 11) is 0. The maximum Gasteiger partial charge on any atom is 0.252 e. The van der Waals surface area contributed by atoms with Crippen molar-refractivity contribution in [2.24, 2.45) is 5.92 Å². The van der Waals surface area contributed by atoms with Crippen molar-refractivity contribution < 1.29 is 4.79 Å². The first-order valence-electron chi connectivity index (χ1n) is 5.90. The molecule has 0 radical (unpaired) electrons. The summed E-state index contributed by atoms with van der Waals surface area (Å²) in [5.74, 6) is 0.510. The van der Waals surface area contributed by atoms with Crippen LogP contribution in [0.15, 0.2) is 18.2 Å². The van der Waals surface area contributed by atoms with Crippen LogP contribution in [0.4, 0.5) is 0 Å². The van der Waals surface area contributed by atoms with Gasteiger partial charge in [0.1, 0.15) is 0 Å². The van der Waals surface area contributed by atoms with Gasteiger partial charge in [-0.25, -0.2) is 0 Å². The molecule has 1 aromatic rings. The molecule has 0 saturated carbocycles. The standard InChI is InChI=1S/C14H20INO/c1-9(2)12(8-15)16-14(17)13-10(3)6-5-7-11(13)4/h5-7,9,12H,8H2,1-4H3,(H,16,17). The lowest BCUT2D eigenvalue weighted by Crippen LogP contribution is -2.40. The molecule has 0 fully saturated rings. The van der Waals surface area contributed by atoms with E-state index in [1.165, 1.54) is 0 Å². The Labute approximate surface area is 117 Å². The summed E-state index contributed by atoms with van der Waals surface area (Å²) in [6, 6.07) is 6.19. The first-order valence-corrected chi connectivity index (χ1v) is 7.43. The molecule has 94 valence electrons. The molecular formula is C14H20INO. The molecule has 17 heavy (non-hydrogen) atoms. The van der Waals surface area contributed by atoms with Gasteiger partial charge in [-0.3, -0.25) is 4.79 Å². The van der Waals surface area contributed by atoms with E-state index in [-0.39, 0.29) is 11.9 Å². The first-order chi connectivity index (χ1) is 7.97. The van der Waals surface area contributed by atoms with Crippen molar-refractivity contribution in [1.82, 2.24) is 5.32 Å². The first kappa shape index (κ1) is 14.5. The smallest absolute Gasteiger partial charge is 0.252 e. The predicted octanol–water partition coefficient (Wildman–Crippen LogP) is 3.49. The van der Waals surface area contributed by atoms with Crippen LogP contribution in [0.1, 0.15) is 35.3 Å². The van der Waals surface area contributed by atoms with E-state index in [2.05, 4.69) is 41.8 Å². The third-order valence-electron chi connectivity index (χ3n) is 3.00. The van der Waals surface area contributed by atoms with Crippen LogP contribution >= 0.6 is 22.6 Å². The Morgan fingerprint density at radius 3 is 2.24 bits per heavy atom. The van der Waals surface area contributed by atoms with E-state index >= 15 is 0 Å². The van der Waals surface area contributed by atoms with Crippen LogP contribution in [0.2, 0.25) is 0 Å². The van der Waals surface area contributed by atoms with Gasteiger partial charge in [-0.1, -0.05) is 54.6 Å². The maximum absolute atomic E-state index is 12.2. The Morgan fingerprint density at radius 1 is 1.29 bits per heavy atom. The normalized spacial score (nSPS) is 12.6. The fraction of sp³-hybridized carbons (Fsp3) is 0.500. The average molecular weight is 345 g/mol. The molecule has 2 nitrogen and oxygen atoms in total. The van der Waals surface area contributed by atoms with Gasteiger partial charge in [0.05, 0.1) is 0 Å². The lowest BCUT2D eigenvalue weighted by molar-refractivity contribution is 0.0931. The van der Waals surface area contributed by atoms with Gasteiger partial charge < -0.3 is 5.32 Å². The molecule has 0 saturated heterocycles. The molecule has 1 unspecified atom stereocenters. The lowest BCUT2D eigenvalue weighted by atomic mass is 10.0. The van der Waals surface area contributed by atoms with Gasteiger partial charge >= 0.3 is 0 Å².